The summed E-state index contributed by atoms with van der Waals surface area (Å²) in [5.41, 5.74) is 18.5. The summed E-state index contributed by atoms with van der Waals surface area (Å²) in [6, 6.07) is 74.6. The zero-order valence-corrected chi connectivity index (χ0v) is 31.7. The van der Waals surface area contributed by atoms with Crippen molar-refractivity contribution >= 4 is 49.6 Å². The van der Waals surface area contributed by atoms with Gasteiger partial charge in [0.2, 0.25) is 0 Å². The zero-order chi connectivity index (χ0) is 37.7. The van der Waals surface area contributed by atoms with Crippen LogP contribution in [0.2, 0.25) is 0 Å². The smallest absolute Gasteiger partial charge is 0.0782 e. The number of benzene rings is 9. The lowest BCUT2D eigenvalue weighted by molar-refractivity contribution is 0.759. The van der Waals surface area contributed by atoms with Gasteiger partial charge in [0, 0.05) is 27.8 Å². The third-order valence-electron chi connectivity index (χ3n) is 12.7. The Labute approximate surface area is 332 Å². The monoisotopic (exact) mass is 726 g/mol. The van der Waals surface area contributed by atoms with Crippen LogP contribution >= 0.6 is 0 Å². The zero-order valence-electron chi connectivity index (χ0n) is 31.7. The van der Waals surface area contributed by atoms with E-state index in [9.17, 15) is 0 Å². The predicted octanol–water partition coefficient (Wildman–Crippen LogP) is 14.3. The second kappa shape index (κ2) is 12.2. The molecule has 57 heavy (non-hydrogen) atoms. The van der Waals surface area contributed by atoms with Gasteiger partial charge in [0.25, 0.3) is 0 Å². The first-order valence-corrected chi connectivity index (χ1v) is 20.1. The molecule has 10 aromatic rings. The lowest BCUT2D eigenvalue weighted by Gasteiger charge is -2.41. The Balaban J connectivity index is 1.21. The fourth-order valence-electron chi connectivity index (χ4n) is 10.5. The van der Waals surface area contributed by atoms with Crippen molar-refractivity contribution < 1.29 is 0 Å². The molecular formula is C55H38N2. The molecule has 1 unspecified atom stereocenters. The first-order valence-electron chi connectivity index (χ1n) is 20.1. The van der Waals surface area contributed by atoms with E-state index in [1.165, 1.54) is 82.6 Å². The van der Waals surface area contributed by atoms with Crippen molar-refractivity contribution in [2.75, 3.05) is 4.90 Å². The molecule has 0 N–H and O–H groups in total. The minimum absolute atomic E-state index is 0.509. The van der Waals surface area contributed by atoms with E-state index in [0.717, 1.165) is 29.2 Å². The summed E-state index contributed by atoms with van der Waals surface area (Å²) in [4.78, 5) is 2.49. The van der Waals surface area contributed by atoms with Gasteiger partial charge in [0.15, 0.2) is 0 Å². The number of rotatable bonds is 5. The Hall–Kier alpha value is -7.16. The van der Waals surface area contributed by atoms with Crippen molar-refractivity contribution in [1.82, 2.24) is 4.57 Å². The molecule has 1 heterocycles. The van der Waals surface area contributed by atoms with Gasteiger partial charge < -0.3 is 9.47 Å². The van der Waals surface area contributed by atoms with Gasteiger partial charge in [-0.05, 0) is 116 Å². The highest BCUT2D eigenvalue weighted by molar-refractivity contribution is 6.15. The van der Waals surface area contributed by atoms with Gasteiger partial charge in [-0.1, -0.05) is 159 Å². The molecule has 12 rings (SSSR count). The average Bonchev–Trinajstić information content (AvgIpc) is 3.77. The molecule has 2 heteroatoms. The Bertz CT molecular complexity index is 3230. The number of aryl methyl sites for hydroxylation is 1. The largest absolute Gasteiger partial charge is 0.308 e. The van der Waals surface area contributed by atoms with Gasteiger partial charge in [-0.15, -0.1) is 0 Å². The number of nitrogens with zero attached hydrogens (tertiary/aromatic N) is 2. The first kappa shape index (κ1) is 32.1. The normalized spacial score (nSPS) is 14.9. The van der Waals surface area contributed by atoms with E-state index in [2.05, 4.69) is 217 Å². The number of anilines is 3. The molecule has 0 saturated carbocycles. The van der Waals surface area contributed by atoms with E-state index in [1.54, 1.807) is 0 Å². The van der Waals surface area contributed by atoms with E-state index < -0.39 is 5.41 Å². The van der Waals surface area contributed by atoms with Crippen LogP contribution in [0.4, 0.5) is 17.1 Å². The molecule has 1 aromatic heterocycles. The molecule has 1 spiro atoms. The van der Waals surface area contributed by atoms with Gasteiger partial charge in [-0.2, -0.15) is 0 Å². The molecule has 0 fully saturated rings. The van der Waals surface area contributed by atoms with E-state index in [-0.39, 0.29) is 0 Å². The van der Waals surface area contributed by atoms with Crippen molar-refractivity contribution in [3.63, 3.8) is 0 Å². The average molecular weight is 727 g/mol. The Morgan fingerprint density at radius 1 is 0.474 bits per heavy atom. The highest BCUT2D eigenvalue weighted by atomic mass is 15.2. The fourth-order valence-corrected chi connectivity index (χ4v) is 10.5. The van der Waals surface area contributed by atoms with Gasteiger partial charge in [0.05, 0.1) is 22.1 Å². The Morgan fingerprint density at radius 3 is 1.89 bits per heavy atom. The number of hydrogen-bond acceptors (Lipinski definition) is 1. The maximum Gasteiger partial charge on any atom is 0.0782 e. The van der Waals surface area contributed by atoms with Crippen molar-refractivity contribution in [1.29, 1.82) is 0 Å². The second-order valence-corrected chi connectivity index (χ2v) is 15.5. The number of para-hydroxylation sites is 4. The number of fused-ring (bicyclic) bond motifs is 12. The van der Waals surface area contributed by atoms with Crippen LogP contribution in [-0.2, 0) is 11.8 Å². The maximum atomic E-state index is 2.53. The van der Waals surface area contributed by atoms with Crippen molar-refractivity contribution in [3.05, 3.63) is 228 Å². The second-order valence-electron chi connectivity index (χ2n) is 15.5. The van der Waals surface area contributed by atoms with E-state index in [1.807, 2.05) is 0 Å². The molecule has 2 aliphatic rings. The summed E-state index contributed by atoms with van der Waals surface area (Å²) in [6.07, 6.45) is 0.947. The molecule has 2 aliphatic carbocycles. The Morgan fingerprint density at radius 2 is 1.11 bits per heavy atom. The van der Waals surface area contributed by atoms with Crippen molar-refractivity contribution in [2.24, 2.45) is 0 Å². The summed E-state index contributed by atoms with van der Waals surface area (Å²) in [5.74, 6) is 0. The molecule has 268 valence electrons. The highest BCUT2D eigenvalue weighted by Gasteiger charge is 2.51. The SMILES string of the molecule is CCc1ccc2cccc3c2c1C1(c2ccccc2-c2ccc(N(c4ccccc4)c4cccc5c6ccccc6n(-c6ccccc6)c45)cc21)c1ccccc1-3. The third kappa shape index (κ3) is 4.30. The lowest BCUT2D eigenvalue weighted by atomic mass is 9.60. The molecule has 1 atom stereocenters. The van der Waals surface area contributed by atoms with Crippen LogP contribution in [0.15, 0.2) is 200 Å². The van der Waals surface area contributed by atoms with Crippen molar-refractivity contribution in [2.45, 2.75) is 18.8 Å². The molecule has 0 bridgehead atoms. The van der Waals surface area contributed by atoms with Gasteiger partial charge >= 0.3 is 0 Å². The molecule has 0 saturated heterocycles. The molecule has 0 radical (unpaired) electrons. The fraction of sp³-hybridized carbons (Fsp3) is 0.0545. The summed E-state index contributed by atoms with van der Waals surface area (Å²) < 4.78 is 2.45. The van der Waals surface area contributed by atoms with Crippen molar-refractivity contribution in [3.8, 4) is 27.9 Å². The topological polar surface area (TPSA) is 8.17 Å². The van der Waals surface area contributed by atoms with Crippen LogP contribution in [0.25, 0.3) is 60.5 Å². The molecular weight excluding hydrogens is 689 g/mol. The Kier molecular flexibility index (Phi) is 6.86. The van der Waals surface area contributed by atoms with Gasteiger partial charge in [0.1, 0.15) is 0 Å². The molecule has 0 amide bonds. The van der Waals surface area contributed by atoms with Crippen LogP contribution in [0.1, 0.15) is 34.7 Å². The van der Waals surface area contributed by atoms with Crippen LogP contribution < -0.4 is 4.90 Å². The van der Waals surface area contributed by atoms with Crippen LogP contribution in [0.3, 0.4) is 0 Å². The van der Waals surface area contributed by atoms with Crippen LogP contribution in [-0.4, -0.2) is 4.57 Å². The molecule has 2 nitrogen and oxygen atoms in total. The number of hydrogen-bond donors (Lipinski definition) is 0. The quantitative estimate of drug-likeness (QED) is 0.171. The van der Waals surface area contributed by atoms with E-state index in [4.69, 9.17) is 0 Å². The third-order valence-corrected chi connectivity index (χ3v) is 12.7. The van der Waals surface area contributed by atoms with Gasteiger partial charge in [-0.25, -0.2) is 0 Å². The summed E-state index contributed by atoms with van der Waals surface area (Å²) in [6.45, 7) is 2.32. The summed E-state index contributed by atoms with van der Waals surface area (Å²) in [5, 5.41) is 5.14. The maximum absolute atomic E-state index is 2.53. The lowest BCUT2D eigenvalue weighted by Crippen LogP contribution is -2.33. The number of aromatic nitrogens is 1. The summed E-state index contributed by atoms with van der Waals surface area (Å²) in [7, 11) is 0. The predicted molar refractivity (Wildman–Crippen MR) is 239 cm³/mol. The van der Waals surface area contributed by atoms with Gasteiger partial charge in [-0.3, -0.25) is 0 Å². The van der Waals surface area contributed by atoms with Crippen LogP contribution in [0.5, 0.6) is 0 Å². The standard InChI is InChI=1S/C55H38N2/c1-2-36-31-32-37-17-15-25-45-42-23-10-13-28-48(42)55(53(36)52(37)45)47-27-12-9-22-41(47)43-34-33-40(35-49(43)55)56(38-18-5-3-6-19-38)51-30-16-26-46-44-24-11-14-29-50(44)57(54(46)51)39-20-7-4-8-21-39/h3-35H,2H2,1H3. The highest BCUT2D eigenvalue weighted by Crippen LogP contribution is 2.63. The van der Waals surface area contributed by atoms with E-state index >= 15 is 0 Å². The minimum atomic E-state index is -0.509. The first-order chi connectivity index (χ1) is 28.3. The van der Waals surface area contributed by atoms with E-state index in [0.29, 0.717) is 0 Å². The molecule has 0 aliphatic heterocycles. The summed E-state index contributed by atoms with van der Waals surface area (Å²) >= 11 is 0. The van der Waals surface area contributed by atoms with Crippen LogP contribution in [0, 0.1) is 0 Å². The minimum Gasteiger partial charge on any atom is -0.308 e. The molecule has 9 aromatic carbocycles.